The van der Waals surface area contributed by atoms with Gasteiger partial charge in [0.25, 0.3) is 5.91 Å². The number of nitrogens with one attached hydrogen (secondary N) is 1. The number of carbonyl (C=O) groups is 1. The van der Waals surface area contributed by atoms with E-state index in [9.17, 15) is 9.90 Å². The molecule has 0 saturated carbocycles. The molecule has 0 fully saturated rings. The molecule has 2 N–H and O–H groups in total. The Morgan fingerprint density at radius 2 is 1.66 bits per heavy atom. The number of aromatic nitrogens is 2. The number of aryl methyl sites for hydroxylation is 1. The van der Waals surface area contributed by atoms with Crippen LogP contribution in [0, 0.1) is 6.92 Å². The summed E-state index contributed by atoms with van der Waals surface area (Å²) in [4.78, 5) is 15.4. The molecule has 0 aliphatic carbocycles. The number of halogens is 1. The van der Waals surface area contributed by atoms with Crippen molar-refractivity contribution in [2.45, 2.75) is 19.5 Å². The van der Waals surface area contributed by atoms with Gasteiger partial charge in [-0.05, 0) is 42.3 Å². The predicted octanol–water partition coefficient (Wildman–Crippen LogP) is 5.51. The van der Waals surface area contributed by atoms with E-state index in [-0.39, 0.29) is 23.2 Å². The molecule has 4 aromatic rings. The summed E-state index contributed by atoms with van der Waals surface area (Å²) in [7, 11) is 2.95. The van der Waals surface area contributed by atoms with Crippen molar-refractivity contribution in [3.05, 3.63) is 93.6 Å². The third-order valence-corrected chi connectivity index (χ3v) is 6.52. The van der Waals surface area contributed by atoms with Crippen LogP contribution in [-0.2, 0) is 6.54 Å². The number of hydrogen-bond donors (Lipinski definition) is 2. The molecule has 7 nitrogen and oxygen atoms in total. The number of carbonyl (C=O) groups excluding carboxylic acids is 1. The lowest BCUT2D eigenvalue weighted by Crippen LogP contribution is -2.29. The normalized spacial score (nSPS) is 14.8. The van der Waals surface area contributed by atoms with E-state index >= 15 is 0 Å². The fraction of sp³-hybridized carbons (Fsp3) is 0.185. The topological polar surface area (TPSA) is 87.7 Å². The minimum atomic E-state index is -0.494. The van der Waals surface area contributed by atoms with Gasteiger partial charge in [-0.2, -0.15) is 5.10 Å². The molecular formula is C27H24ClN3O4. The number of aromatic amines is 1. The molecule has 1 aromatic heterocycles. The van der Waals surface area contributed by atoms with Gasteiger partial charge in [0, 0.05) is 22.7 Å². The Bertz CT molecular complexity index is 1370. The minimum Gasteiger partial charge on any atom is -0.502 e. The zero-order valence-electron chi connectivity index (χ0n) is 19.5. The van der Waals surface area contributed by atoms with Gasteiger partial charge in [0.2, 0.25) is 5.75 Å². The molecule has 1 amide bonds. The van der Waals surface area contributed by atoms with Crippen molar-refractivity contribution in [2.75, 3.05) is 14.2 Å². The number of rotatable bonds is 6. The molecule has 1 atom stereocenters. The van der Waals surface area contributed by atoms with E-state index in [1.165, 1.54) is 14.2 Å². The van der Waals surface area contributed by atoms with Gasteiger partial charge < -0.3 is 19.5 Å². The van der Waals surface area contributed by atoms with Crippen molar-refractivity contribution in [2.24, 2.45) is 0 Å². The highest BCUT2D eigenvalue weighted by molar-refractivity contribution is 6.30. The highest BCUT2D eigenvalue weighted by atomic mass is 35.5. The van der Waals surface area contributed by atoms with Crippen molar-refractivity contribution in [3.63, 3.8) is 0 Å². The van der Waals surface area contributed by atoms with E-state index in [4.69, 9.17) is 21.1 Å². The second-order valence-electron chi connectivity index (χ2n) is 8.46. The van der Waals surface area contributed by atoms with Crippen LogP contribution >= 0.6 is 11.6 Å². The van der Waals surface area contributed by atoms with Crippen molar-refractivity contribution in [1.29, 1.82) is 0 Å². The summed E-state index contributed by atoms with van der Waals surface area (Å²) in [6.45, 7) is 2.41. The van der Waals surface area contributed by atoms with Gasteiger partial charge in [-0.1, -0.05) is 53.6 Å². The molecule has 1 unspecified atom stereocenters. The Morgan fingerprint density at radius 3 is 2.26 bits per heavy atom. The summed E-state index contributed by atoms with van der Waals surface area (Å²) in [6.07, 6.45) is 0. The van der Waals surface area contributed by atoms with E-state index in [2.05, 4.69) is 10.2 Å². The van der Waals surface area contributed by atoms with Crippen LogP contribution in [0.5, 0.6) is 17.2 Å². The first kappa shape index (κ1) is 22.8. The lowest BCUT2D eigenvalue weighted by Gasteiger charge is -2.27. The van der Waals surface area contributed by atoms with E-state index in [0.717, 1.165) is 27.8 Å². The molecule has 0 spiro atoms. The van der Waals surface area contributed by atoms with Gasteiger partial charge in [0.15, 0.2) is 11.5 Å². The van der Waals surface area contributed by atoms with Crippen LogP contribution in [0.25, 0.3) is 11.3 Å². The molecule has 0 radical (unpaired) electrons. The Morgan fingerprint density at radius 1 is 1.03 bits per heavy atom. The van der Waals surface area contributed by atoms with Crippen LogP contribution in [0.2, 0.25) is 5.02 Å². The first-order chi connectivity index (χ1) is 16.9. The molecule has 178 valence electrons. The SMILES string of the molecule is COc1cc(C2c3c(-c4ccc(Cl)cc4)n[nH]c3C(=O)N2Cc2ccc(C)cc2)cc(OC)c1O. The summed E-state index contributed by atoms with van der Waals surface area (Å²) in [6, 6.07) is 18.4. The fourth-order valence-electron chi connectivity index (χ4n) is 4.50. The Labute approximate surface area is 207 Å². The molecule has 35 heavy (non-hydrogen) atoms. The largest absolute Gasteiger partial charge is 0.502 e. The number of hydrogen-bond acceptors (Lipinski definition) is 5. The van der Waals surface area contributed by atoms with Crippen molar-refractivity contribution in [3.8, 4) is 28.5 Å². The fourth-order valence-corrected chi connectivity index (χ4v) is 4.62. The van der Waals surface area contributed by atoms with Crippen molar-refractivity contribution >= 4 is 17.5 Å². The molecule has 8 heteroatoms. The molecule has 1 aliphatic heterocycles. The number of ether oxygens (including phenoxy) is 2. The number of amides is 1. The standard InChI is InChI=1S/C27H24ClN3O4/c1-15-4-6-16(7-5-15)14-31-25(18-12-20(34-2)26(32)21(13-18)35-3)22-23(29-30-24(22)27(31)33)17-8-10-19(28)11-9-17/h4-13,25,32H,14H2,1-3H3,(H,29,30). The van der Waals surface area contributed by atoms with Crippen LogP contribution in [0.3, 0.4) is 0 Å². The van der Waals surface area contributed by atoms with Gasteiger partial charge in [-0.15, -0.1) is 0 Å². The number of phenolic OH excluding ortho intramolecular Hbond substituents is 1. The number of fused-ring (bicyclic) bond motifs is 1. The number of nitrogens with zero attached hydrogens (tertiary/aromatic N) is 2. The summed E-state index contributed by atoms with van der Waals surface area (Å²) < 4.78 is 10.8. The van der Waals surface area contributed by atoms with Crippen LogP contribution in [0.1, 0.15) is 38.8 Å². The quantitative estimate of drug-likeness (QED) is 0.373. The average molecular weight is 490 g/mol. The lowest BCUT2D eigenvalue weighted by molar-refractivity contribution is 0.0729. The van der Waals surface area contributed by atoms with Crippen LogP contribution < -0.4 is 9.47 Å². The summed E-state index contributed by atoms with van der Waals surface area (Å²) in [5, 5.41) is 18.5. The maximum absolute atomic E-state index is 13.6. The summed E-state index contributed by atoms with van der Waals surface area (Å²) in [5.74, 6) is 0.252. The van der Waals surface area contributed by atoms with Crippen LogP contribution in [-0.4, -0.2) is 40.3 Å². The number of phenols is 1. The monoisotopic (exact) mass is 489 g/mol. The first-order valence-corrected chi connectivity index (χ1v) is 11.4. The summed E-state index contributed by atoms with van der Waals surface area (Å²) >= 11 is 6.10. The van der Waals surface area contributed by atoms with Gasteiger partial charge in [-0.25, -0.2) is 0 Å². The first-order valence-electron chi connectivity index (χ1n) is 11.1. The third-order valence-electron chi connectivity index (χ3n) is 6.27. The van der Waals surface area contributed by atoms with Gasteiger partial charge >= 0.3 is 0 Å². The van der Waals surface area contributed by atoms with E-state index in [1.54, 1.807) is 29.2 Å². The number of aromatic hydroxyl groups is 1. The second kappa shape index (κ2) is 9.00. The smallest absolute Gasteiger partial charge is 0.273 e. The number of benzene rings is 3. The average Bonchev–Trinajstić information content (AvgIpc) is 3.40. The van der Waals surface area contributed by atoms with Gasteiger partial charge in [0.1, 0.15) is 5.69 Å². The zero-order chi connectivity index (χ0) is 24.7. The Kier molecular flexibility index (Phi) is 5.86. The van der Waals surface area contributed by atoms with E-state index < -0.39 is 6.04 Å². The van der Waals surface area contributed by atoms with E-state index in [0.29, 0.717) is 23.0 Å². The Hall–Kier alpha value is -3.97. The number of methoxy groups -OCH3 is 2. The van der Waals surface area contributed by atoms with Crippen LogP contribution in [0.4, 0.5) is 0 Å². The predicted molar refractivity (Wildman–Crippen MR) is 133 cm³/mol. The molecule has 3 aromatic carbocycles. The highest BCUT2D eigenvalue weighted by Crippen LogP contribution is 2.47. The Balaban J connectivity index is 1.69. The molecule has 0 saturated heterocycles. The zero-order valence-corrected chi connectivity index (χ0v) is 20.3. The summed E-state index contributed by atoms with van der Waals surface area (Å²) in [5.41, 5.74) is 5.54. The van der Waals surface area contributed by atoms with Crippen molar-refractivity contribution in [1.82, 2.24) is 15.1 Å². The molecule has 5 rings (SSSR count). The second-order valence-corrected chi connectivity index (χ2v) is 8.90. The molecular weight excluding hydrogens is 466 g/mol. The maximum atomic E-state index is 13.6. The van der Waals surface area contributed by atoms with Gasteiger partial charge in [0.05, 0.1) is 26.0 Å². The molecule has 2 heterocycles. The maximum Gasteiger partial charge on any atom is 0.273 e. The molecule has 1 aliphatic rings. The highest BCUT2D eigenvalue weighted by Gasteiger charge is 2.42. The van der Waals surface area contributed by atoms with Crippen LogP contribution in [0.15, 0.2) is 60.7 Å². The minimum absolute atomic E-state index is 0.0986. The lowest BCUT2D eigenvalue weighted by atomic mass is 9.95. The number of H-pyrrole nitrogens is 1. The third kappa shape index (κ3) is 3.98. The van der Waals surface area contributed by atoms with Gasteiger partial charge in [-0.3, -0.25) is 9.89 Å². The molecule has 0 bridgehead atoms. The van der Waals surface area contributed by atoms with Crippen molar-refractivity contribution < 1.29 is 19.4 Å². The van der Waals surface area contributed by atoms with E-state index in [1.807, 2.05) is 43.3 Å².